The molecule has 0 spiro atoms. The van der Waals surface area contributed by atoms with Crippen LogP contribution in [-0.2, 0) is 4.79 Å². The van der Waals surface area contributed by atoms with Crippen LogP contribution in [-0.4, -0.2) is 23.1 Å². The topological polar surface area (TPSA) is 62.0 Å². The van der Waals surface area contributed by atoms with E-state index >= 15 is 0 Å². The van der Waals surface area contributed by atoms with Gasteiger partial charge in [-0.15, -0.1) is 0 Å². The van der Waals surface area contributed by atoms with Gasteiger partial charge in [0.25, 0.3) is 0 Å². The van der Waals surface area contributed by atoms with Gasteiger partial charge in [-0.25, -0.2) is 14.8 Å². The Morgan fingerprint density at radius 3 is 3.08 bits per heavy atom. The standard InChI is InChI=1S/C8H6N2O2/c11-8(12)5-1-2-6-7(3-5)10-4-9-6/h1-2,4H,3H2,(H,11,12). The Bertz CT molecular complexity index is 361. The molecule has 4 heteroatoms. The second kappa shape index (κ2) is 2.41. The third kappa shape index (κ3) is 0.972. The molecule has 0 aromatic carbocycles. The highest BCUT2D eigenvalue weighted by atomic mass is 16.4. The van der Waals surface area contributed by atoms with E-state index in [1.165, 1.54) is 6.34 Å². The van der Waals surface area contributed by atoms with E-state index in [-0.39, 0.29) is 0 Å². The molecule has 0 atom stereocenters. The molecule has 0 saturated carbocycles. The molecule has 1 aliphatic heterocycles. The lowest BCUT2D eigenvalue weighted by Crippen LogP contribution is -2.10. The van der Waals surface area contributed by atoms with Crippen molar-refractivity contribution in [1.29, 1.82) is 0 Å². The highest BCUT2D eigenvalue weighted by Gasteiger charge is 2.19. The Balaban J connectivity index is 2.33. The van der Waals surface area contributed by atoms with Crippen LogP contribution >= 0.6 is 0 Å². The summed E-state index contributed by atoms with van der Waals surface area (Å²) in [6, 6.07) is 0. The number of aliphatic carboxylic acids is 1. The van der Waals surface area contributed by atoms with Gasteiger partial charge in [-0.2, -0.15) is 0 Å². The van der Waals surface area contributed by atoms with E-state index in [2.05, 4.69) is 9.98 Å². The quantitative estimate of drug-likeness (QED) is 0.618. The molecule has 0 bridgehead atoms. The Morgan fingerprint density at radius 1 is 1.50 bits per heavy atom. The van der Waals surface area contributed by atoms with E-state index in [0.717, 1.165) is 11.4 Å². The fourth-order valence-electron chi connectivity index (χ4n) is 1.14. The summed E-state index contributed by atoms with van der Waals surface area (Å²) in [7, 11) is 0. The van der Waals surface area contributed by atoms with E-state index in [1.54, 1.807) is 12.2 Å². The van der Waals surface area contributed by atoms with Crippen LogP contribution in [0, 0.1) is 0 Å². The molecule has 4 nitrogen and oxygen atoms in total. The first-order valence-electron chi connectivity index (χ1n) is 3.51. The van der Waals surface area contributed by atoms with E-state index in [1.807, 2.05) is 0 Å². The summed E-state index contributed by atoms with van der Waals surface area (Å²) >= 11 is 0. The molecule has 1 N–H and O–H groups in total. The maximum absolute atomic E-state index is 10.5. The number of hydrogen-bond donors (Lipinski definition) is 1. The Morgan fingerprint density at radius 2 is 2.33 bits per heavy atom. The summed E-state index contributed by atoms with van der Waals surface area (Å²) in [5.41, 5.74) is 1.89. The molecule has 0 aromatic rings. The first-order valence-corrected chi connectivity index (χ1v) is 3.51. The molecular formula is C8H6N2O2. The number of carboxylic acids is 1. The number of nitrogens with zero attached hydrogens (tertiary/aromatic N) is 2. The highest BCUT2D eigenvalue weighted by Crippen LogP contribution is 2.19. The number of hydrogen-bond acceptors (Lipinski definition) is 3. The van der Waals surface area contributed by atoms with Crippen molar-refractivity contribution in [3.63, 3.8) is 0 Å². The largest absolute Gasteiger partial charge is 0.478 e. The third-order valence-electron chi connectivity index (χ3n) is 1.78. The summed E-state index contributed by atoms with van der Waals surface area (Å²) in [5.74, 6) is -0.889. The van der Waals surface area contributed by atoms with Crippen LogP contribution in [0.3, 0.4) is 0 Å². The van der Waals surface area contributed by atoms with Crippen LogP contribution in [0.4, 0.5) is 0 Å². The molecule has 12 heavy (non-hydrogen) atoms. The van der Waals surface area contributed by atoms with Crippen molar-refractivity contribution < 1.29 is 9.90 Å². The lowest BCUT2D eigenvalue weighted by molar-refractivity contribution is -0.132. The number of aliphatic imine (C=N–C) groups is 2. The number of carbonyl (C=O) groups is 1. The van der Waals surface area contributed by atoms with Crippen molar-refractivity contribution >= 4 is 18.0 Å². The zero-order valence-corrected chi connectivity index (χ0v) is 6.19. The molecule has 0 fully saturated rings. The third-order valence-corrected chi connectivity index (χ3v) is 1.78. The van der Waals surface area contributed by atoms with Gasteiger partial charge in [-0.1, -0.05) is 0 Å². The zero-order chi connectivity index (χ0) is 8.55. The van der Waals surface area contributed by atoms with Crippen LogP contribution in [0.25, 0.3) is 0 Å². The van der Waals surface area contributed by atoms with Gasteiger partial charge in [0.2, 0.25) is 0 Å². The number of allylic oxidation sites excluding steroid dienone is 3. The predicted molar refractivity (Wildman–Crippen MR) is 44.3 cm³/mol. The molecule has 2 aliphatic rings. The van der Waals surface area contributed by atoms with Gasteiger partial charge in [0.1, 0.15) is 6.34 Å². The second-order valence-electron chi connectivity index (χ2n) is 2.55. The van der Waals surface area contributed by atoms with Gasteiger partial charge in [0.05, 0.1) is 11.4 Å². The molecule has 0 amide bonds. The summed E-state index contributed by atoms with van der Waals surface area (Å²) in [4.78, 5) is 18.4. The van der Waals surface area contributed by atoms with Crippen LogP contribution in [0.5, 0.6) is 0 Å². The SMILES string of the molecule is O=C(O)C1=CC=C2N=CN=C2C1. The molecule has 2 rings (SSSR count). The minimum atomic E-state index is -0.889. The van der Waals surface area contributed by atoms with Crippen LogP contribution in [0.2, 0.25) is 0 Å². The molecular weight excluding hydrogens is 156 g/mol. The smallest absolute Gasteiger partial charge is 0.331 e. The second-order valence-corrected chi connectivity index (χ2v) is 2.55. The normalized spacial score (nSPS) is 19.5. The van der Waals surface area contributed by atoms with E-state index in [0.29, 0.717) is 12.0 Å². The van der Waals surface area contributed by atoms with Gasteiger partial charge in [-0.3, -0.25) is 0 Å². The monoisotopic (exact) mass is 162 g/mol. The maximum atomic E-state index is 10.5. The minimum absolute atomic E-state index is 0.364. The molecule has 0 saturated heterocycles. The molecule has 1 aliphatic carbocycles. The van der Waals surface area contributed by atoms with E-state index in [9.17, 15) is 4.79 Å². The summed E-state index contributed by atoms with van der Waals surface area (Å²) in [6.45, 7) is 0. The summed E-state index contributed by atoms with van der Waals surface area (Å²) in [6.07, 6.45) is 5.07. The van der Waals surface area contributed by atoms with Gasteiger partial charge in [0.15, 0.2) is 0 Å². The summed E-state index contributed by atoms with van der Waals surface area (Å²) in [5, 5.41) is 8.66. The fourth-order valence-corrected chi connectivity index (χ4v) is 1.14. The van der Waals surface area contributed by atoms with E-state index < -0.39 is 5.97 Å². The predicted octanol–water partition coefficient (Wildman–Crippen LogP) is 0.768. The number of rotatable bonds is 1. The Hall–Kier alpha value is -1.71. The maximum Gasteiger partial charge on any atom is 0.331 e. The van der Waals surface area contributed by atoms with Gasteiger partial charge >= 0.3 is 5.97 Å². The lowest BCUT2D eigenvalue weighted by Gasteiger charge is -2.06. The summed E-state index contributed by atoms with van der Waals surface area (Å²) < 4.78 is 0. The van der Waals surface area contributed by atoms with Gasteiger partial charge in [0, 0.05) is 12.0 Å². The minimum Gasteiger partial charge on any atom is -0.478 e. The van der Waals surface area contributed by atoms with Gasteiger partial charge < -0.3 is 5.11 Å². The van der Waals surface area contributed by atoms with Crippen LogP contribution in [0.1, 0.15) is 6.42 Å². The van der Waals surface area contributed by atoms with Crippen molar-refractivity contribution in [2.24, 2.45) is 9.98 Å². The van der Waals surface area contributed by atoms with Crippen LogP contribution < -0.4 is 0 Å². The van der Waals surface area contributed by atoms with Crippen LogP contribution in [0.15, 0.2) is 33.4 Å². The van der Waals surface area contributed by atoms with Crippen molar-refractivity contribution in [2.45, 2.75) is 6.42 Å². The molecule has 0 aromatic heterocycles. The molecule has 1 heterocycles. The van der Waals surface area contributed by atoms with Crippen molar-refractivity contribution in [3.05, 3.63) is 23.4 Å². The average molecular weight is 162 g/mol. The molecule has 0 unspecified atom stereocenters. The van der Waals surface area contributed by atoms with Crippen molar-refractivity contribution in [1.82, 2.24) is 0 Å². The lowest BCUT2D eigenvalue weighted by atomic mass is 10.0. The Kier molecular flexibility index (Phi) is 1.40. The van der Waals surface area contributed by atoms with Crippen molar-refractivity contribution in [2.75, 3.05) is 0 Å². The van der Waals surface area contributed by atoms with E-state index in [4.69, 9.17) is 5.11 Å². The zero-order valence-electron chi connectivity index (χ0n) is 6.19. The fraction of sp³-hybridized carbons (Fsp3) is 0.125. The number of carboxylic acid groups (broad SMARTS) is 1. The number of fused-ring (bicyclic) bond motifs is 1. The Labute approximate surface area is 68.6 Å². The average Bonchev–Trinajstić information content (AvgIpc) is 2.49. The first-order chi connectivity index (χ1) is 5.77. The van der Waals surface area contributed by atoms with Crippen molar-refractivity contribution in [3.8, 4) is 0 Å². The van der Waals surface area contributed by atoms with Gasteiger partial charge in [-0.05, 0) is 12.2 Å². The molecule has 0 radical (unpaired) electrons. The molecule has 60 valence electrons. The first kappa shape index (κ1) is 6.97. The highest BCUT2D eigenvalue weighted by molar-refractivity contribution is 6.13.